The lowest BCUT2D eigenvalue weighted by Gasteiger charge is -2.33. The summed E-state index contributed by atoms with van der Waals surface area (Å²) in [6.07, 6.45) is -1.56. The summed E-state index contributed by atoms with van der Waals surface area (Å²) in [5.74, 6) is -1.39. The maximum absolute atomic E-state index is 12.5. The minimum atomic E-state index is -4.31. The van der Waals surface area contributed by atoms with E-state index < -0.39 is 24.2 Å². The van der Waals surface area contributed by atoms with E-state index in [1.165, 1.54) is 4.90 Å². The van der Waals surface area contributed by atoms with Gasteiger partial charge < -0.3 is 10.8 Å². The Hall–Kier alpha value is -0.820. The summed E-state index contributed by atoms with van der Waals surface area (Å²) in [5.41, 5.74) is 4.29. The van der Waals surface area contributed by atoms with Crippen LogP contribution in [-0.2, 0) is 4.79 Å². The van der Waals surface area contributed by atoms with Crippen LogP contribution >= 0.6 is 0 Å². The van der Waals surface area contributed by atoms with Crippen LogP contribution in [0.1, 0.15) is 25.7 Å². The van der Waals surface area contributed by atoms with Crippen molar-refractivity contribution in [2.45, 2.75) is 43.4 Å². The zero-order valence-electron chi connectivity index (χ0n) is 9.91. The van der Waals surface area contributed by atoms with Crippen LogP contribution in [0, 0.1) is 5.92 Å². The molecule has 1 unspecified atom stereocenters. The molecule has 18 heavy (non-hydrogen) atoms. The second-order valence-electron chi connectivity index (χ2n) is 5.37. The van der Waals surface area contributed by atoms with Gasteiger partial charge in [0.15, 0.2) is 0 Å². The number of carboxylic acid groups (broad SMARTS) is 1. The van der Waals surface area contributed by atoms with Crippen LogP contribution in [0.3, 0.4) is 0 Å². The predicted molar refractivity (Wildman–Crippen MR) is 57.9 cm³/mol. The number of hydrogen-bond donors (Lipinski definition) is 2. The molecule has 3 N–H and O–H groups in total. The van der Waals surface area contributed by atoms with Gasteiger partial charge in [-0.2, -0.15) is 13.2 Å². The molecule has 0 saturated heterocycles. The smallest absolute Gasteiger partial charge is 0.401 e. The van der Waals surface area contributed by atoms with Gasteiger partial charge in [-0.3, -0.25) is 9.69 Å². The van der Waals surface area contributed by atoms with Crippen molar-refractivity contribution in [3.05, 3.63) is 0 Å². The van der Waals surface area contributed by atoms with E-state index in [2.05, 4.69) is 0 Å². The first-order valence-corrected chi connectivity index (χ1v) is 6.05. The zero-order chi connectivity index (χ0) is 13.6. The topological polar surface area (TPSA) is 66.6 Å². The van der Waals surface area contributed by atoms with Crippen molar-refractivity contribution in [1.29, 1.82) is 0 Å². The minimum Gasteiger partial charge on any atom is -0.480 e. The third-order valence-corrected chi connectivity index (χ3v) is 3.61. The Morgan fingerprint density at radius 2 is 1.78 bits per heavy atom. The molecule has 7 heteroatoms. The third kappa shape index (κ3) is 3.14. The van der Waals surface area contributed by atoms with E-state index in [0.29, 0.717) is 25.7 Å². The van der Waals surface area contributed by atoms with Gasteiger partial charge in [0.25, 0.3) is 0 Å². The molecule has 0 spiro atoms. The molecule has 0 aromatic heterocycles. The average Bonchev–Trinajstić information content (AvgIpc) is 3.05. The van der Waals surface area contributed by atoms with Gasteiger partial charge in [-0.1, -0.05) is 0 Å². The highest BCUT2D eigenvalue weighted by molar-refractivity contribution is 5.79. The van der Waals surface area contributed by atoms with E-state index in [4.69, 9.17) is 10.8 Å². The molecule has 0 radical (unpaired) electrons. The number of nitrogens with zero attached hydrogens (tertiary/aromatic N) is 1. The van der Waals surface area contributed by atoms with Crippen molar-refractivity contribution >= 4 is 5.97 Å². The Morgan fingerprint density at radius 3 is 2.11 bits per heavy atom. The summed E-state index contributed by atoms with van der Waals surface area (Å²) in [6.45, 7) is -1.28. The SMILES string of the molecule is NC(CN(CC(F)(F)F)C1CC1)(C(=O)O)C1CC1. The van der Waals surface area contributed by atoms with E-state index >= 15 is 0 Å². The van der Waals surface area contributed by atoms with Gasteiger partial charge in [0.2, 0.25) is 0 Å². The summed E-state index contributed by atoms with van der Waals surface area (Å²) in [4.78, 5) is 12.4. The Labute approximate surface area is 103 Å². The Bertz CT molecular complexity index is 340. The number of carbonyl (C=O) groups is 1. The van der Waals surface area contributed by atoms with Crippen molar-refractivity contribution in [2.24, 2.45) is 11.7 Å². The summed E-state index contributed by atoms with van der Waals surface area (Å²) < 4.78 is 37.4. The van der Waals surface area contributed by atoms with E-state index in [1.807, 2.05) is 0 Å². The normalized spacial score (nSPS) is 24.1. The van der Waals surface area contributed by atoms with Crippen LogP contribution in [0.25, 0.3) is 0 Å². The minimum absolute atomic E-state index is 0.160. The van der Waals surface area contributed by atoms with Crippen LogP contribution in [-0.4, -0.2) is 46.8 Å². The number of rotatable bonds is 6. The summed E-state index contributed by atoms with van der Waals surface area (Å²) >= 11 is 0. The van der Waals surface area contributed by atoms with Gasteiger partial charge in [0, 0.05) is 12.6 Å². The van der Waals surface area contributed by atoms with Crippen molar-refractivity contribution in [3.8, 4) is 0 Å². The van der Waals surface area contributed by atoms with Gasteiger partial charge in [-0.15, -0.1) is 0 Å². The second kappa shape index (κ2) is 4.38. The zero-order valence-corrected chi connectivity index (χ0v) is 9.91. The lowest BCUT2D eigenvalue weighted by molar-refractivity contribution is -0.156. The maximum Gasteiger partial charge on any atom is 0.401 e. The highest BCUT2D eigenvalue weighted by Crippen LogP contribution is 2.41. The molecule has 0 aromatic rings. The number of alkyl halides is 3. The van der Waals surface area contributed by atoms with Crippen LogP contribution in [0.4, 0.5) is 13.2 Å². The molecule has 4 nitrogen and oxygen atoms in total. The molecule has 0 bridgehead atoms. The number of nitrogens with two attached hydrogens (primary N) is 1. The first kappa shape index (κ1) is 13.6. The fourth-order valence-electron chi connectivity index (χ4n) is 2.29. The molecule has 0 aliphatic heterocycles. The average molecular weight is 266 g/mol. The standard InChI is InChI=1S/C11H17F3N2O2/c12-11(13,14)6-16(8-3-4-8)5-10(15,9(17)18)7-1-2-7/h7-8H,1-6,15H2,(H,17,18). The fourth-order valence-corrected chi connectivity index (χ4v) is 2.29. The lowest BCUT2D eigenvalue weighted by Crippen LogP contribution is -2.59. The molecule has 2 aliphatic rings. The molecule has 0 amide bonds. The molecule has 2 aliphatic carbocycles. The van der Waals surface area contributed by atoms with Gasteiger partial charge in [0.1, 0.15) is 5.54 Å². The molecule has 1 atom stereocenters. The van der Waals surface area contributed by atoms with E-state index in [1.54, 1.807) is 0 Å². The summed E-state index contributed by atoms with van der Waals surface area (Å²) in [7, 11) is 0. The van der Waals surface area contributed by atoms with Gasteiger partial charge >= 0.3 is 12.1 Å². The molecule has 0 heterocycles. The van der Waals surface area contributed by atoms with Crippen molar-refractivity contribution in [2.75, 3.05) is 13.1 Å². The van der Waals surface area contributed by atoms with Crippen molar-refractivity contribution in [1.82, 2.24) is 4.90 Å². The van der Waals surface area contributed by atoms with Gasteiger partial charge in [-0.05, 0) is 31.6 Å². The van der Waals surface area contributed by atoms with Crippen LogP contribution in [0.2, 0.25) is 0 Å². The number of carboxylic acids is 1. The number of aliphatic carboxylic acids is 1. The van der Waals surface area contributed by atoms with Crippen LogP contribution in [0.15, 0.2) is 0 Å². The van der Waals surface area contributed by atoms with Crippen LogP contribution < -0.4 is 5.73 Å². The largest absolute Gasteiger partial charge is 0.480 e. The van der Waals surface area contributed by atoms with Gasteiger partial charge in [0.05, 0.1) is 6.54 Å². The molecule has 104 valence electrons. The fraction of sp³-hybridized carbons (Fsp3) is 0.909. The monoisotopic (exact) mass is 266 g/mol. The molecular formula is C11H17F3N2O2. The Balaban J connectivity index is 2.05. The lowest BCUT2D eigenvalue weighted by atomic mass is 9.93. The summed E-state index contributed by atoms with van der Waals surface area (Å²) in [6, 6.07) is -0.160. The van der Waals surface area contributed by atoms with E-state index in [9.17, 15) is 18.0 Å². The predicted octanol–water partition coefficient (Wildman–Crippen LogP) is 1.21. The first-order chi connectivity index (χ1) is 8.22. The van der Waals surface area contributed by atoms with E-state index in [0.717, 1.165) is 0 Å². The molecule has 2 saturated carbocycles. The Morgan fingerprint density at radius 1 is 1.22 bits per heavy atom. The Kier molecular flexibility index (Phi) is 3.31. The number of hydrogen-bond acceptors (Lipinski definition) is 3. The highest BCUT2D eigenvalue weighted by Gasteiger charge is 2.51. The first-order valence-electron chi connectivity index (χ1n) is 6.05. The van der Waals surface area contributed by atoms with E-state index in [-0.39, 0.29) is 18.5 Å². The summed E-state index contributed by atoms with van der Waals surface area (Å²) in [5, 5.41) is 9.16. The molecule has 2 rings (SSSR count). The molecular weight excluding hydrogens is 249 g/mol. The second-order valence-corrected chi connectivity index (χ2v) is 5.37. The molecule has 0 aromatic carbocycles. The van der Waals surface area contributed by atoms with Crippen molar-refractivity contribution in [3.63, 3.8) is 0 Å². The highest BCUT2D eigenvalue weighted by atomic mass is 19.4. The van der Waals surface area contributed by atoms with Crippen LogP contribution in [0.5, 0.6) is 0 Å². The van der Waals surface area contributed by atoms with Crippen molar-refractivity contribution < 1.29 is 23.1 Å². The molecule has 2 fully saturated rings. The third-order valence-electron chi connectivity index (χ3n) is 3.61. The maximum atomic E-state index is 12.5. The number of halogens is 3. The van der Waals surface area contributed by atoms with Gasteiger partial charge in [-0.25, -0.2) is 0 Å². The quantitative estimate of drug-likeness (QED) is 0.758.